The van der Waals surface area contributed by atoms with Crippen molar-refractivity contribution in [3.8, 4) is 6.07 Å². The smallest absolute Gasteiger partial charge is 0.138 e. The van der Waals surface area contributed by atoms with Crippen LogP contribution in [0.1, 0.15) is 29.7 Å². The number of hydrogen-bond donors (Lipinski definition) is 1. The molecule has 4 nitrogen and oxygen atoms in total. The fraction of sp³-hybridized carbons (Fsp3) is 0.462. The number of nitrogens with one attached hydrogen (secondary N) is 1. The largest absolute Gasteiger partial charge is 0.368 e. The molecule has 2 heterocycles. The first-order valence-corrected chi connectivity index (χ1v) is 7.08. The van der Waals surface area contributed by atoms with Crippen LogP contribution in [0.25, 0.3) is 10.2 Å². The Labute approximate surface area is 110 Å². The molecule has 0 saturated heterocycles. The number of aromatic nitrogens is 2. The molecule has 0 aromatic carbocycles. The topological polar surface area (TPSA) is 61.6 Å². The van der Waals surface area contributed by atoms with Crippen LogP contribution < -0.4 is 5.32 Å². The number of thiophene rings is 1. The van der Waals surface area contributed by atoms with Crippen molar-refractivity contribution in [2.75, 3.05) is 11.9 Å². The monoisotopic (exact) mass is 258 g/mol. The van der Waals surface area contributed by atoms with E-state index in [-0.39, 0.29) is 0 Å². The molecule has 0 spiro atoms. The summed E-state index contributed by atoms with van der Waals surface area (Å²) in [7, 11) is 0. The molecule has 1 aliphatic rings. The maximum absolute atomic E-state index is 8.59. The van der Waals surface area contributed by atoms with Gasteiger partial charge in [0.25, 0.3) is 0 Å². The summed E-state index contributed by atoms with van der Waals surface area (Å²) in [6, 6.07) is 2.14. The summed E-state index contributed by atoms with van der Waals surface area (Å²) in [5.74, 6) is 0.898. The molecule has 1 aliphatic carbocycles. The van der Waals surface area contributed by atoms with Gasteiger partial charge in [0.15, 0.2) is 0 Å². The predicted molar refractivity (Wildman–Crippen MR) is 72.8 cm³/mol. The number of hydrogen-bond acceptors (Lipinski definition) is 5. The van der Waals surface area contributed by atoms with Gasteiger partial charge in [-0.2, -0.15) is 5.26 Å². The molecule has 5 heteroatoms. The highest BCUT2D eigenvalue weighted by atomic mass is 32.1. The standard InChI is InChI=1S/C13H14N4S/c14-6-3-7-15-12-11-9-4-1-2-5-10(9)18-13(11)17-8-16-12/h8H,1-5,7H2,(H,15,16,17). The summed E-state index contributed by atoms with van der Waals surface area (Å²) in [6.07, 6.45) is 6.95. The van der Waals surface area contributed by atoms with Crippen molar-refractivity contribution in [2.45, 2.75) is 32.1 Å². The van der Waals surface area contributed by atoms with Gasteiger partial charge in [-0.15, -0.1) is 11.3 Å². The molecule has 18 heavy (non-hydrogen) atoms. The Kier molecular flexibility index (Phi) is 3.11. The number of anilines is 1. The van der Waals surface area contributed by atoms with E-state index < -0.39 is 0 Å². The minimum atomic E-state index is 0.498. The second kappa shape index (κ2) is 4.91. The van der Waals surface area contributed by atoms with Crippen molar-refractivity contribution in [1.29, 1.82) is 5.26 Å². The van der Waals surface area contributed by atoms with Crippen LogP contribution in [0.3, 0.4) is 0 Å². The molecule has 0 bridgehead atoms. The first kappa shape index (κ1) is 11.4. The summed E-state index contributed by atoms with van der Waals surface area (Å²) in [4.78, 5) is 11.3. The molecule has 1 N–H and O–H groups in total. The average molecular weight is 258 g/mol. The van der Waals surface area contributed by atoms with E-state index in [0.29, 0.717) is 13.0 Å². The minimum Gasteiger partial charge on any atom is -0.368 e. The third kappa shape index (κ3) is 1.93. The molecular formula is C13H14N4S. The zero-order valence-electron chi connectivity index (χ0n) is 10.1. The van der Waals surface area contributed by atoms with E-state index in [1.807, 2.05) is 0 Å². The van der Waals surface area contributed by atoms with Crippen LogP contribution >= 0.6 is 11.3 Å². The number of nitrogens with zero attached hydrogens (tertiary/aromatic N) is 3. The van der Waals surface area contributed by atoms with Gasteiger partial charge in [-0.3, -0.25) is 0 Å². The molecular weight excluding hydrogens is 244 g/mol. The van der Waals surface area contributed by atoms with Gasteiger partial charge in [-0.05, 0) is 31.2 Å². The predicted octanol–water partition coefficient (Wildman–Crippen LogP) is 2.90. The second-order valence-electron chi connectivity index (χ2n) is 4.45. The number of fused-ring (bicyclic) bond motifs is 3. The fourth-order valence-electron chi connectivity index (χ4n) is 2.46. The van der Waals surface area contributed by atoms with Gasteiger partial charge < -0.3 is 5.32 Å². The minimum absolute atomic E-state index is 0.498. The van der Waals surface area contributed by atoms with E-state index in [2.05, 4.69) is 21.4 Å². The first-order chi connectivity index (χ1) is 8.90. The Morgan fingerprint density at radius 2 is 2.22 bits per heavy atom. The second-order valence-corrected chi connectivity index (χ2v) is 5.53. The highest BCUT2D eigenvalue weighted by Gasteiger charge is 2.19. The van der Waals surface area contributed by atoms with E-state index in [9.17, 15) is 0 Å². The molecule has 0 aliphatic heterocycles. The maximum Gasteiger partial charge on any atom is 0.138 e. The van der Waals surface area contributed by atoms with E-state index in [1.54, 1.807) is 17.7 Å². The molecule has 92 valence electrons. The number of aryl methyl sites for hydroxylation is 2. The van der Waals surface area contributed by atoms with Gasteiger partial charge in [0.1, 0.15) is 17.0 Å². The van der Waals surface area contributed by atoms with Crippen molar-refractivity contribution in [3.05, 3.63) is 16.8 Å². The highest BCUT2D eigenvalue weighted by molar-refractivity contribution is 7.19. The van der Waals surface area contributed by atoms with Crippen LogP contribution in [0.15, 0.2) is 6.33 Å². The Morgan fingerprint density at radius 1 is 1.33 bits per heavy atom. The lowest BCUT2D eigenvalue weighted by Crippen LogP contribution is -2.05. The lowest BCUT2D eigenvalue weighted by molar-refractivity contribution is 0.700. The lowest BCUT2D eigenvalue weighted by Gasteiger charge is -2.11. The maximum atomic E-state index is 8.59. The van der Waals surface area contributed by atoms with Gasteiger partial charge in [0.2, 0.25) is 0 Å². The summed E-state index contributed by atoms with van der Waals surface area (Å²) < 4.78 is 0. The highest BCUT2D eigenvalue weighted by Crippen LogP contribution is 2.37. The molecule has 0 amide bonds. The van der Waals surface area contributed by atoms with E-state index in [4.69, 9.17) is 5.26 Å². The van der Waals surface area contributed by atoms with E-state index in [1.165, 1.54) is 35.1 Å². The van der Waals surface area contributed by atoms with Crippen molar-refractivity contribution < 1.29 is 0 Å². The number of rotatable bonds is 3. The lowest BCUT2D eigenvalue weighted by atomic mass is 9.97. The number of nitriles is 1. The van der Waals surface area contributed by atoms with Crippen molar-refractivity contribution in [3.63, 3.8) is 0 Å². The fourth-order valence-corrected chi connectivity index (χ4v) is 3.69. The van der Waals surface area contributed by atoms with Gasteiger partial charge in [-0.25, -0.2) is 9.97 Å². The van der Waals surface area contributed by atoms with Gasteiger partial charge in [0.05, 0.1) is 17.9 Å². The van der Waals surface area contributed by atoms with E-state index >= 15 is 0 Å². The third-order valence-electron chi connectivity index (χ3n) is 3.28. The van der Waals surface area contributed by atoms with Crippen molar-refractivity contribution >= 4 is 27.4 Å². The van der Waals surface area contributed by atoms with Crippen LogP contribution in [0.5, 0.6) is 0 Å². The SMILES string of the molecule is N#CCCNc1ncnc2sc3c(c12)CCCC3. The molecule has 0 fully saturated rings. The average Bonchev–Trinajstić information content (AvgIpc) is 2.78. The molecule has 3 rings (SSSR count). The summed E-state index contributed by atoms with van der Waals surface area (Å²) in [5, 5.41) is 13.0. The normalized spacial score (nSPS) is 14.2. The molecule has 2 aromatic heterocycles. The molecule has 2 aromatic rings. The van der Waals surface area contributed by atoms with Crippen LogP contribution in [-0.4, -0.2) is 16.5 Å². The zero-order chi connectivity index (χ0) is 12.4. The van der Waals surface area contributed by atoms with Crippen LogP contribution in [0.2, 0.25) is 0 Å². The van der Waals surface area contributed by atoms with Crippen molar-refractivity contribution in [1.82, 2.24) is 9.97 Å². The van der Waals surface area contributed by atoms with Crippen LogP contribution in [0, 0.1) is 11.3 Å². The van der Waals surface area contributed by atoms with E-state index in [0.717, 1.165) is 17.1 Å². The Hall–Kier alpha value is -1.67. The third-order valence-corrected chi connectivity index (χ3v) is 4.48. The summed E-state index contributed by atoms with van der Waals surface area (Å²) >= 11 is 1.80. The zero-order valence-corrected chi connectivity index (χ0v) is 10.9. The van der Waals surface area contributed by atoms with Crippen LogP contribution in [0.4, 0.5) is 5.82 Å². The molecule has 0 atom stereocenters. The van der Waals surface area contributed by atoms with Gasteiger partial charge in [0, 0.05) is 11.4 Å². The van der Waals surface area contributed by atoms with Crippen LogP contribution in [-0.2, 0) is 12.8 Å². The quantitative estimate of drug-likeness (QED) is 0.860. The Morgan fingerprint density at radius 3 is 3.11 bits per heavy atom. The Bertz CT molecular complexity index is 611. The van der Waals surface area contributed by atoms with Gasteiger partial charge >= 0.3 is 0 Å². The molecule has 0 saturated carbocycles. The molecule has 0 radical (unpaired) electrons. The summed E-state index contributed by atoms with van der Waals surface area (Å²) in [5.41, 5.74) is 1.43. The molecule has 0 unspecified atom stereocenters. The Balaban J connectivity index is 2.03. The first-order valence-electron chi connectivity index (χ1n) is 6.26. The van der Waals surface area contributed by atoms with Gasteiger partial charge in [-0.1, -0.05) is 0 Å². The van der Waals surface area contributed by atoms with Crippen molar-refractivity contribution in [2.24, 2.45) is 0 Å². The summed E-state index contributed by atoms with van der Waals surface area (Å²) in [6.45, 7) is 0.646.